The third-order valence-electron chi connectivity index (χ3n) is 5.15. The number of pyridine rings is 1. The number of nitrogens with one attached hydrogen (secondary N) is 2. The molecule has 8 heteroatoms. The zero-order chi connectivity index (χ0) is 23.2. The van der Waals surface area contributed by atoms with Gasteiger partial charge in [0.15, 0.2) is 5.76 Å². The van der Waals surface area contributed by atoms with Gasteiger partial charge in [0.05, 0.1) is 26.5 Å². The Bertz CT molecular complexity index is 1210. The summed E-state index contributed by atoms with van der Waals surface area (Å²) in [4.78, 5) is 18.4. The Kier molecular flexibility index (Phi) is 6.95. The topological polar surface area (TPSA) is 85.6 Å². The molecule has 7 nitrogen and oxygen atoms in total. The number of aromatic nitrogens is 1. The standard InChI is InChI=1S/C25H25N3O4S/c1-4-17-15-19(25(33-17)28-24(29)20-8-7-13-32-20)23(27-22-9-5-6-12-26-22)18-11-10-16(30-2)14-21(18)31-3/h5-15,23H,4H2,1-3H3,(H,26,27)(H,28,29)/t23-/m0/s1. The van der Waals surface area contributed by atoms with Crippen molar-refractivity contribution in [3.05, 3.63) is 88.8 Å². The Labute approximate surface area is 196 Å². The Morgan fingerprint density at radius 3 is 2.64 bits per heavy atom. The van der Waals surface area contributed by atoms with Gasteiger partial charge in [0.2, 0.25) is 0 Å². The molecule has 0 aliphatic heterocycles. The van der Waals surface area contributed by atoms with Gasteiger partial charge >= 0.3 is 0 Å². The van der Waals surface area contributed by atoms with Crippen LogP contribution in [0.15, 0.2) is 71.5 Å². The molecule has 2 N–H and O–H groups in total. The lowest BCUT2D eigenvalue weighted by atomic mass is 9.98. The van der Waals surface area contributed by atoms with E-state index in [0.29, 0.717) is 17.3 Å². The number of furan rings is 1. The van der Waals surface area contributed by atoms with Crippen LogP contribution in [-0.4, -0.2) is 25.1 Å². The van der Waals surface area contributed by atoms with Gasteiger partial charge in [0.25, 0.3) is 5.91 Å². The van der Waals surface area contributed by atoms with Crippen molar-refractivity contribution in [2.75, 3.05) is 24.9 Å². The summed E-state index contributed by atoms with van der Waals surface area (Å²) < 4.78 is 16.4. The van der Waals surface area contributed by atoms with Crippen molar-refractivity contribution in [3.63, 3.8) is 0 Å². The Morgan fingerprint density at radius 1 is 1.09 bits per heavy atom. The molecule has 0 fully saturated rings. The van der Waals surface area contributed by atoms with Crippen LogP contribution in [0.5, 0.6) is 11.5 Å². The highest BCUT2D eigenvalue weighted by atomic mass is 32.1. The fraction of sp³-hybridized carbons (Fsp3) is 0.200. The molecular weight excluding hydrogens is 438 g/mol. The van der Waals surface area contributed by atoms with Crippen molar-refractivity contribution in [1.29, 1.82) is 0 Å². The number of anilines is 2. The average Bonchev–Trinajstić information content (AvgIpc) is 3.53. The number of aryl methyl sites for hydroxylation is 1. The van der Waals surface area contributed by atoms with Gasteiger partial charge in [-0.2, -0.15) is 0 Å². The number of ether oxygens (including phenoxy) is 2. The number of carbonyl (C=O) groups excluding carboxylic acids is 1. The summed E-state index contributed by atoms with van der Waals surface area (Å²) in [7, 11) is 3.24. The van der Waals surface area contributed by atoms with Crippen molar-refractivity contribution >= 4 is 28.1 Å². The number of benzene rings is 1. The average molecular weight is 464 g/mol. The molecule has 0 aliphatic rings. The van der Waals surface area contributed by atoms with Crippen LogP contribution in [0.1, 0.15) is 39.5 Å². The van der Waals surface area contributed by atoms with E-state index < -0.39 is 0 Å². The van der Waals surface area contributed by atoms with Crippen LogP contribution in [0, 0.1) is 0 Å². The van der Waals surface area contributed by atoms with Crippen molar-refractivity contribution in [1.82, 2.24) is 4.98 Å². The lowest BCUT2D eigenvalue weighted by Gasteiger charge is -2.23. The highest BCUT2D eigenvalue weighted by Crippen LogP contribution is 2.41. The molecule has 0 saturated carbocycles. The van der Waals surface area contributed by atoms with E-state index in [0.717, 1.165) is 27.4 Å². The predicted molar refractivity (Wildman–Crippen MR) is 130 cm³/mol. The molecule has 1 aromatic carbocycles. The molecule has 0 spiro atoms. The first kappa shape index (κ1) is 22.4. The molecular formula is C25H25N3O4S. The second-order valence-corrected chi connectivity index (χ2v) is 8.32. The molecule has 0 saturated heterocycles. The molecule has 1 amide bonds. The Morgan fingerprint density at radius 2 is 1.97 bits per heavy atom. The van der Waals surface area contributed by atoms with Crippen LogP contribution >= 0.6 is 11.3 Å². The summed E-state index contributed by atoms with van der Waals surface area (Å²) >= 11 is 1.54. The van der Waals surface area contributed by atoms with E-state index in [1.165, 1.54) is 6.26 Å². The van der Waals surface area contributed by atoms with E-state index in [9.17, 15) is 4.79 Å². The van der Waals surface area contributed by atoms with Crippen LogP contribution in [-0.2, 0) is 6.42 Å². The number of thiophene rings is 1. The monoisotopic (exact) mass is 463 g/mol. The number of nitrogens with zero attached hydrogens (tertiary/aromatic N) is 1. The van der Waals surface area contributed by atoms with Crippen LogP contribution < -0.4 is 20.1 Å². The van der Waals surface area contributed by atoms with E-state index in [1.807, 2.05) is 36.4 Å². The predicted octanol–water partition coefficient (Wildman–Crippen LogP) is 5.77. The fourth-order valence-electron chi connectivity index (χ4n) is 3.49. The van der Waals surface area contributed by atoms with Crippen LogP contribution in [0.3, 0.4) is 0 Å². The molecule has 0 bridgehead atoms. The summed E-state index contributed by atoms with van der Waals surface area (Å²) in [5.74, 6) is 2.01. The number of hydrogen-bond acceptors (Lipinski definition) is 7. The van der Waals surface area contributed by atoms with E-state index in [1.54, 1.807) is 43.9 Å². The van der Waals surface area contributed by atoms with Crippen LogP contribution in [0.4, 0.5) is 10.8 Å². The molecule has 0 aliphatic carbocycles. The van der Waals surface area contributed by atoms with Gasteiger partial charge in [0, 0.05) is 28.3 Å². The van der Waals surface area contributed by atoms with E-state index in [-0.39, 0.29) is 17.7 Å². The van der Waals surface area contributed by atoms with Gasteiger partial charge in [0.1, 0.15) is 22.3 Å². The highest BCUT2D eigenvalue weighted by molar-refractivity contribution is 7.16. The summed E-state index contributed by atoms with van der Waals surface area (Å²) in [6.45, 7) is 2.09. The van der Waals surface area contributed by atoms with Gasteiger partial charge in [-0.05, 0) is 48.9 Å². The number of methoxy groups -OCH3 is 2. The minimum Gasteiger partial charge on any atom is -0.497 e. The molecule has 33 heavy (non-hydrogen) atoms. The maximum Gasteiger partial charge on any atom is 0.291 e. The Balaban J connectivity index is 1.80. The van der Waals surface area contributed by atoms with Crippen molar-refractivity contribution in [3.8, 4) is 11.5 Å². The van der Waals surface area contributed by atoms with E-state index >= 15 is 0 Å². The molecule has 1 atom stereocenters. The number of carbonyl (C=O) groups is 1. The molecule has 170 valence electrons. The second kappa shape index (κ2) is 10.2. The van der Waals surface area contributed by atoms with Crippen LogP contribution in [0.25, 0.3) is 0 Å². The first-order chi connectivity index (χ1) is 16.1. The zero-order valence-electron chi connectivity index (χ0n) is 18.6. The van der Waals surface area contributed by atoms with Gasteiger partial charge < -0.3 is 24.5 Å². The second-order valence-electron chi connectivity index (χ2n) is 7.18. The van der Waals surface area contributed by atoms with Gasteiger partial charge in [-0.1, -0.05) is 13.0 Å². The molecule has 3 heterocycles. The van der Waals surface area contributed by atoms with Gasteiger partial charge in [-0.15, -0.1) is 11.3 Å². The molecule has 4 rings (SSSR count). The van der Waals surface area contributed by atoms with Crippen molar-refractivity contribution in [2.45, 2.75) is 19.4 Å². The van der Waals surface area contributed by atoms with Gasteiger partial charge in [-0.3, -0.25) is 4.79 Å². The summed E-state index contributed by atoms with van der Waals surface area (Å²) in [5, 5.41) is 7.27. The third-order valence-corrected chi connectivity index (χ3v) is 6.36. The lowest BCUT2D eigenvalue weighted by molar-refractivity contribution is 0.0997. The summed E-state index contributed by atoms with van der Waals surface area (Å²) in [5.41, 5.74) is 1.80. The minimum atomic E-state index is -0.343. The normalized spacial score (nSPS) is 11.6. The molecule has 3 aromatic heterocycles. The SMILES string of the molecule is CCc1cc([C@@H](Nc2ccccn2)c2ccc(OC)cc2OC)c(NC(=O)c2ccco2)s1. The first-order valence-electron chi connectivity index (χ1n) is 10.5. The number of amides is 1. The maximum atomic E-state index is 12.8. The molecule has 0 radical (unpaired) electrons. The highest BCUT2D eigenvalue weighted by Gasteiger charge is 2.26. The quantitative estimate of drug-likeness (QED) is 0.328. The van der Waals surface area contributed by atoms with E-state index in [2.05, 4.69) is 28.6 Å². The largest absolute Gasteiger partial charge is 0.497 e. The van der Waals surface area contributed by atoms with Gasteiger partial charge in [-0.25, -0.2) is 4.98 Å². The molecule has 4 aromatic rings. The smallest absolute Gasteiger partial charge is 0.291 e. The lowest BCUT2D eigenvalue weighted by Crippen LogP contribution is -2.17. The summed E-state index contributed by atoms with van der Waals surface area (Å²) in [6.07, 6.45) is 4.05. The fourth-order valence-corrected chi connectivity index (χ4v) is 4.52. The summed E-state index contributed by atoms with van der Waals surface area (Å²) in [6, 6.07) is 16.5. The molecule has 0 unspecified atom stereocenters. The number of rotatable bonds is 9. The maximum absolute atomic E-state index is 12.8. The Hall–Kier alpha value is -3.78. The van der Waals surface area contributed by atoms with E-state index in [4.69, 9.17) is 13.9 Å². The first-order valence-corrected chi connectivity index (χ1v) is 11.3. The minimum absolute atomic E-state index is 0.253. The van der Waals surface area contributed by atoms with Crippen LogP contribution in [0.2, 0.25) is 0 Å². The third kappa shape index (κ3) is 5.01. The zero-order valence-corrected chi connectivity index (χ0v) is 19.4. The van der Waals surface area contributed by atoms with Crippen molar-refractivity contribution in [2.24, 2.45) is 0 Å². The van der Waals surface area contributed by atoms with Crippen molar-refractivity contribution < 1.29 is 18.7 Å². The number of hydrogen-bond donors (Lipinski definition) is 2.